The maximum Gasteiger partial charge on any atom is 0.411 e. The molecular weight excluding hydrogens is 490 g/mol. The van der Waals surface area contributed by atoms with Crippen LogP contribution in [0, 0.1) is 0 Å². The van der Waals surface area contributed by atoms with Crippen molar-refractivity contribution in [3.63, 3.8) is 0 Å². The van der Waals surface area contributed by atoms with Gasteiger partial charge in [-0.25, -0.2) is 4.79 Å². The van der Waals surface area contributed by atoms with Crippen LogP contribution >= 0.6 is 0 Å². The predicted octanol–water partition coefficient (Wildman–Crippen LogP) is 5.65. The van der Waals surface area contributed by atoms with E-state index in [2.05, 4.69) is 4.98 Å². The molecular formula is C32H37N3O4. The molecule has 2 aromatic carbocycles. The molecule has 2 fully saturated rings. The van der Waals surface area contributed by atoms with Crippen LogP contribution in [0.2, 0.25) is 0 Å². The number of hydrogen-bond acceptors (Lipinski definition) is 5. The first-order valence-corrected chi connectivity index (χ1v) is 13.7. The van der Waals surface area contributed by atoms with E-state index in [0.717, 1.165) is 40.9 Å². The zero-order valence-electron chi connectivity index (χ0n) is 23.1. The third kappa shape index (κ3) is 5.55. The largest absolute Gasteiger partial charge is 0.438 e. The summed E-state index contributed by atoms with van der Waals surface area (Å²) >= 11 is 0. The van der Waals surface area contributed by atoms with Crippen LogP contribution in [0.3, 0.4) is 0 Å². The van der Waals surface area contributed by atoms with Gasteiger partial charge in [-0.2, -0.15) is 0 Å². The van der Waals surface area contributed by atoms with Crippen molar-refractivity contribution >= 4 is 12.0 Å². The summed E-state index contributed by atoms with van der Waals surface area (Å²) in [5, 5.41) is 10.6. The summed E-state index contributed by atoms with van der Waals surface area (Å²) in [6, 6.07) is 21.7. The van der Waals surface area contributed by atoms with E-state index in [1.807, 2.05) is 86.9 Å². The number of aliphatic hydroxyl groups is 1. The third-order valence-electron chi connectivity index (χ3n) is 8.06. The summed E-state index contributed by atoms with van der Waals surface area (Å²) in [6.07, 6.45) is 3.17. The van der Waals surface area contributed by atoms with Crippen LogP contribution in [0.1, 0.15) is 68.8 Å². The fraction of sp³-hybridized carbons (Fsp3) is 0.406. The average Bonchev–Trinajstić information content (AvgIpc) is 3.26. The van der Waals surface area contributed by atoms with Gasteiger partial charge in [0.25, 0.3) is 0 Å². The molecule has 1 unspecified atom stereocenters. The number of nitrogens with zero attached hydrogens (tertiary/aromatic N) is 3. The van der Waals surface area contributed by atoms with Crippen LogP contribution < -0.4 is 0 Å². The molecule has 0 bridgehead atoms. The van der Waals surface area contributed by atoms with E-state index in [1.165, 1.54) is 0 Å². The first-order chi connectivity index (χ1) is 18.6. The minimum atomic E-state index is -0.990. The SMILES string of the molecule is CC(c1ccc(-c2ccc([C@@H]3CCN(C)C3=O)nc2)cc1)N1CC[C@](CC(C)(C)O)(c2ccccc2)OC1=O. The molecule has 204 valence electrons. The number of carbonyl (C=O) groups is 2. The van der Waals surface area contributed by atoms with Crippen molar-refractivity contribution in [3.8, 4) is 11.1 Å². The molecule has 0 radical (unpaired) electrons. The summed E-state index contributed by atoms with van der Waals surface area (Å²) in [6.45, 7) is 6.79. The molecule has 3 aromatic rings. The molecule has 1 aromatic heterocycles. The van der Waals surface area contributed by atoms with Gasteiger partial charge in [-0.1, -0.05) is 60.7 Å². The summed E-state index contributed by atoms with van der Waals surface area (Å²) < 4.78 is 6.14. The normalized spacial score (nSPS) is 22.6. The van der Waals surface area contributed by atoms with Crippen molar-refractivity contribution in [3.05, 3.63) is 89.7 Å². The number of amides is 2. The number of rotatable bonds is 7. The topological polar surface area (TPSA) is 83.0 Å². The molecule has 5 rings (SSSR count). The van der Waals surface area contributed by atoms with Gasteiger partial charge >= 0.3 is 6.09 Å². The lowest BCUT2D eigenvalue weighted by Crippen LogP contribution is -2.51. The lowest BCUT2D eigenvalue weighted by molar-refractivity contribution is -0.127. The molecule has 0 spiro atoms. The van der Waals surface area contributed by atoms with E-state index in [4.69, 9.17) is 4.74 Å². The summed E-state index contributed by atoms with van der Waals surface area (Å²) in [5.74, 6) is -0.0217. The Balaban J connectivity index is 1.29. The Bertz CT molecular complexity index is 1320. The minimum Gasteiger partial charge on any atom is -0.438 e. The van der Waals surface area contributed by atoms with E-state index in [1.54, 1.807) is 23.6 Å². The van der Waals surface area contributed by atoms with Crippen LogP contribution in [0.25, 0.3) is 11.1 Å². The molecule has 2 aliphatic heterocycles. The van der Waals surface area contributed by atoms with Gasteiger partial charge in [0.1, 0.15) is 5.60 Å². The molecule has 3 atom stereocenters. The molecule has 3 heterocycles. The monoisotopic (exact) mass is 527 g/mol. The fourth-order valence-electron chi connectivity index (χ4n) is 5.90. The van der Waals surface area contributed by atoms with Crippen molar-refractivity contribution in [1.82, 2.24) is 14.8 Å². The first-order valence-electron chi connectivity index (χ1n) is 13.7. The highest BCUT2D eigenvalue weighted by Crippen LogP contribution is 2.42. The van der Waals surface area contributed by atoms with E-state index < -0.39 is 11.2 Å². The van der Waals surface area contributed by atoms with Crippen LogP contribution in [0.15, 0.2) is 72.9 Å². The second-order valence-electron chi connectivity index (χ2n) is 11.5. The Hall–Kier alpha value is -3.71. The molecule has 0 aliphatic carbocycles. The number of likely N-dealkylation sites (tertiary alicyclic amines) is 1. The maximum absolute atomic E-state index is 13.3. The highest BCUT2D eigenvalue weighted by atomic mass is 16.6. The maximum atomic E-state index is 13.3. The number of ether oxygens (including phenoxy) is 1. The Morgan fingerprint density at radius 3 is 2.28 bits per heavy atom. The van der Waals surface area contributed by atoms with Gasteiger partial charge < -0.3 is 19.6 Å². The van der Waals surface area contributed by atoms with E-state index >= 15 is 0 Å². The van der Waals surface area contributed by atoms with Crippen LogP contribution in [-0.2, 0) is 15.1 Å². The van der Waals surface area contributed by atoms with Gasteiger partial charge in [0.05, 0.1) is 23.3 Å². The molecule has 2 amide bonds. The third-order valence-corrected chi connectivity index (χ3v) is 8.06. The Kier molecular flexibility index (Phi) is 7.21. The van der Waals surface area contributed by atoms with Gasteiger partial charge in [0.15, 0.2) is 0 Å². The predicted molar refractivity (Wildman–Crippen MR) is 150 cm³/mol. The Morgan fingerprint density at radius 1 is 1.03 bits per heavy atom. The Morgan fingerprint density at radius 2 is 1.72 bits per heavy atom. The highest BCUT2D eigenvalue weighted by molar-refractivity contribution is 5.85. The quantitative estimate of drug-likeness (QED) is 0.429. The number of likely N-dealkylation sites (N-methyl/N-ethyl adjacent to an activating group) is 1. The zero-order valence-corrected chi connectivity index (χ0v) is 23.1. The fourth-order valence-corrected chi connectivity index (χ4v) is 5.90. The second-order valence-corrected chi connectivity index (χ2v) is 11.5. The lowest BCUT2D eigenvalue weighted by Gasteiger charge is -2.45. The Labute approximate surface area is 230 Å². The number of cyclic esters (lactones) is 1. The molecule has 7 nitrogen and oxygen atoms in total. The molecule has 39 heavy (non-hydrogen) atoms. The van der Waals surface area contributed by atoms with Crippen LogP contribution in [0.4, 0.5) is 4.79 Å². The smallest absolute Gasteiger partial charge is 0.411 e. The van der Waals surface area contributed by atoms with Gasteiger partial charge in [0.2, 0.25) is 5.91 Å². The van der Waals surface area contributed by atoms with Crippen molar-refractivity contribution in [1.29, 1.82) is 0 Å². The van der Waals surface area contributed by atoms with Crippen molar-refractivity contribution < 1.29 is 19.4 Å². The second kappa shape index (κ2) is 10.5. The van der Waals surface area contributed by atoms with Gasteiger partial charge in [-0.15, -0.1) is 0 Å². The zero-order chi connectivity index (χ0) is 27.8. The van der Waals surface area contributed by atoms with E-state index in [0.29, 0.717) is 19.4 Å². The molecule has 2 aliphatic rings. The number of hydrogen-bond donors (Lipinski definition) is 1. The standard InChI is InChI=1S/C32H37N3O4/c1-22(35-19-17-32(39-30(35)37,21-31(2,3)38)26-8-6-5-7-9-26)23-10-12-24(13-11-23)25-14-15-28(33-20-25)27-16-18-34(4)29(27)36/h5-15,20,22,27,38H,16-19,21H2,1-4H3/t22?,27-,32-/m0/s1. The molecule has 0 saturated carbocycles. The van der Waals surface area contributed by atoms with Crippen molar-refractivity contribution in [2.75, 3.05) is 20.1 Å². The van der Waals surface area contributed by atoms with Crippen LogP contribution in [0.5, 0.6) is 0 Å². The minimum absolute atomic E-state index is 0.130. The molecule has 7 heteroatoms. The summed E-state index contributed by atoms with van der Waals surface area (Å²) in [4.78, 5) is 33.8. The van der Waals surface area contributed by atoms with E-state index in [9.17, 15) is 14.7 Å². The lowest BCUT2D eigenvalue weighted by atomic mass is 9.80. The van der Waals surface area contributed by atoms with E-state index in [-0.39, 0.29) is 24.0 Å². The molecule has 2 saturated heterocycles. The van der Waals surface area contributed by atoms with Crippen molar-refractivity contribution in [2.45, 2.75) is 63.2 Å². The summed E-state index contributed by atoms with van der Waals surface area (Å²) in [7, 11) is 1.83. The average molecular weight is 528 g/mol. The van der Waals surface area contributed by atoms with Gasteiger partial charge in [-0.3, -0.25) is 9.78 Å². The summed E-state index contributed by atoms with van der Waals surface area (Å²) in [5.41, 5.74) is 2.88. The van der Waals surface area contributed by atoms with Gasteiger partial charge in [-0.05, 0) is 49.9 Å². The number of aromatic nitrogens is 1. The first kappa shape index (κ1) is 26.9. The number of pyridine rings is 1. The number of benzene rings is 2. The number of carbonyl (C=O) groups excluding carboxylic acids is 2. The highest BCUT2D eigenvalue weighted by Gasteiger charge is 2.46. The molecule has 1 N–H and O–H groups in total. The van der Waals surface area contributed by atoms with Crippen molar-refractivity contribution in [2.24, 2.45) is 0 Å². The van der Waals surface area contributed by atoms with Crippen LogP contribution in [-0.4, -0.2) is 57.6 Å². The van der Waals surface area contributed by atoms with Gasteiger partial charge in [0, 0.05) is 44.7 Å².